The first-order valence-corrected chi connectivity index (χ1v) is 7.57. The van der Waals surface area contributed by atoms with E-state index < -0.39 is 0 Å². The summed E-state index contributed by atoms with van der Waals surface area (Å²) in [5, 5.41) is 6.73. The molecule has 1 aliphatic heterocycles. The molecule has 122 valence electrons. The first kappa shape index (κ1) is 14.6. The Morgan fingerprint density at radius 2 is 2.25 bits per heavy atom. The predicted molar refractivity (Wildman–Crippen MR) is 84.0 cm³/mol. The lowest BCUT2D eigenvalue weighted by molar-refractivity contribution is -0.118. The van der Waals surface area contributed by atoms with Gasteiger partial charge in [0.1, 0.15) is 0 Å². The molecule has 0 aromatic carbocycles. The van der Waals surface area contributed by atoms with E-state index in [-0.39, 0.29) is 11.8 Å². The van der Waals surface area contributed by atoms with E-state index in [1.807, 2.05) is 4.90 Å². The van der Waals surface area contributed by atoms with Gasteiger partial charge in [-0.2, -0.15) is 4.98 Å². The molecule has 4 rings (SSSR count). The number of carbonyl (C=O) groups is 1. The summed E-state index contributed by atoms with van der Waals surface area (Å²) in [4.78, 5) is 22.3. The van der Waals surface area contributed by atoms with Gasteiger partial charge in [-0.25, -0.2) is 0 Å². The Balaban J connectivity index is 1.28. The van der Waals surface area contributed by atoms with Crippen LogP contribution in [-0.2, 0) is 4.79 Å². The lowest BCUT2D eigenvalue weighted by Gasteiger charge is -2.36. The van der Waals surface area contributed by atoms with Crippen LogP contribution in [0.2, 0.25) is 0 Å². The highest BCUT2D eigenvalue weighted by Gasteiger charge is 2.33. The highest BCUT2D eigenvalue weighted by molar-refractivity contribution is 5.92. The van der Waals surface area contributed by atoms with Crippen molar-refractivity contribution in [2.24, 2.45) is 0 Å². The fraction of sp³-hybridized carbons (Fsp3) is 0.250. The number of nitrogens with zero attached hydrogens (tertiary/aromatic N) is 4. The molecule has 3 aromatic rings. The van der Waals surface area contributed by atoms with Gasteiger partial charge < -0.3 is 14.3 Å². The van der Waals surface area contributed by atoms with Crippen molar-refractivity contribution in [3.8, 4) is 11.6 Å². The van der Waals surface area contributed by atoms with Crippen molar-refractivity contribution in [1.29, 1.82) is 0 Å². The number of hydrogen-bond acceptors (Lipinski definition) is 7. The third-order valence-electron chi connectivity index (χ3n) is 3.80. The number of amides is 1. The maximum absolute atomic E-state index is 12.0. The van der Waals surface area contributed by atoms with E-state index in [4.69, 9.17) is 8.94 Å². The number of anilines is 1. The van der Waals surface area contributed by atoms with E-state index in [1.54, 1.807) is 42.9 Å². The molecule has 0 radical (unpaired) electrons. The summed E-state index contributed by atoms with van der Waals surface area (Å²) in [6, 6.07) is 7.14. The number of likely N-dealkylation sites (tertiary alicyclic amines) is 1. The molecule has 1 N–H and O–H groups in total. The van der Waals surface area contributed by atoms with Gasteiger partial charge in [-0.3, -0.25) is 14.7 Å². The van der Waals surface area contributed by atoms with Crippen LogP contribution >= 0.6 is 0 Å². The molecule has 0 bridgehead atoms. The molecule has 8 heteroatoms. The molecule has 0 saturated carbocycles. The topological polar surface area (TPSA) is 97.3 Å². The highest BCUT2D eigenvalue weighted by Crippen LogP contribution is 2.27. The second kappa shape index (κ2) is 6.25. The summed E-state index contributed by atoms with van der Waals surface area (Å²) in [6.07, 6.45) is 4.85. The zero-order valence-electron chi connectivity index (χ0n) is 12.8. The summed E-state index contributed by atoms with van der Waals surface area (Å²) in [5.74, 6) is 1.68. The number of aromatic nitrogens is 3. The van der Waals surface area contributed by atoms with Gasteiger partial charge in [-0.15, -0.1) is 0 Å². The Labute approximate surface area is 137 Å². The summed E-state index contributed by atoms with van der Waals surface area (Å²) in [6.45, 7) is 1.74. The first-order valence-electron chi connectivity index (χ1n) is 7.57. The quantitative estimate of drug-likeness (QED) is 0.763. The van der Waals surface area contributed by atoms with Gasteiger partial charge in [-0.05, 0) is 24.3 Å². The average molecular weight is 325 g/mol. The smallest absolute Gasteiger partial charge is 0.238 e. The normalized spacial score (nSPS) is 15.2. The SMILES string of the molecule is O=C(CN1CC(c2nc(-c3ccco3)no2)C1)Nc1cccnc1. The number of pyridine rings is 1. The van der Waals surface area contributed by atoms with E-state index in [0.717, 1.165) is 0 Å². The number of rotatable bonds is 5. The Morgan fingerprint density at radius 1 is 1.33 bits per heavy atom. The Hall–Kier alpha value is -3.00. The van der Waals surface area contributed by atoms with Crippen molar-refractivity contribution in [2.75, 3.05) is 25.0 Å². The number of nitrogens with one attached hydrogen (secondary N) is 1. The van der Waals surface area contributed by atoms with E-state index in [9.17, 15) is 4.79 Å². The molecule has 1 amide bonds. The fourth-order valence-electron chi connectivity index (χ4n) is 2.60. The van der Waals surface area contributed by atoms with Gasteiger partial charge in [0.05, 0.1) is 30.6 Å². The third kappa shape index (κ3) is 3.04. The predicted octanol–water partition coefficient (Wildman–Crippen LogP) is 1.76. The van der Waals surface area contributed by atoms with Crippen LogP contribution in [0.1, 0.15) is 11.8 Å². The van der Waals surface area contributed by atoms with Gasteiger partial charge in [0.2, 0.25) is 17.6 Å². The number of furan rings is 1. The third-order valence-corrected chi connectivity index (χ3v) is 3.80. The van der Waals surface area contributed by atoms with Crippen LogP contribution in [-0.4, -0.2) is 45.6 Å². The molecule has 0 unspecified atom stereocenters. The summed E-state index contributed by atoms with van der Waals surface area (Å²) in [5.41, 5.74) is 0.694. The van der Waals surface area contributed by atoms with Crippen molar-refractivity contribution in [3.05, 3.63) is 48.8 Å². The van der Waals surface area contributed by atoms with Crippen molar-refractivity contribution in [1.82, 2.24) is 20.0 Å². The monoisotopic (exact) mass is 325 g/mol. The van der Waals surface area contributed by atoms with Gasteiger partial charge in [0.15, 0.2) is 5.76 Å². The van der Waals surface area contributed by atoms with Gasteiger partial charge >= 0.3 is 0 Å². The molecule has 0 spiro atoms. The maximum atomic E-state index is 12.0. The van der Waals surface area contributed by atoms with Crippen molar-refractivity contribution < 1.29 is 13.7 Å². The van der Waals surface area contributed by atoms with E-state index in [0.29, 0.717) is 42.8 Å². The summed E-state index contributed by atoms with van der Waals surface area (Å²) < 4.78 is 10.5. The average Bonchev–Trinajstić information content (AvgIpc) is 3.22. The molecule has 8 nitrogen and oxygen atoms in total. The minimum absolute atomic E-state index is 0.0664. The minimum Gasteiger partial charge on any atom is -0.461 e. The Morgan fingerprint density at radius 3 is 3.00 bits per heavy atom. The molecule has 1 aliphatic rings. The zero-order valence-corrected chi connectivity index (χ0v) is 12.8. The lowest BCUT2D eigenvalue weighted by atomic mass is 10.0. The first-order chi connectivity index (χ1) is 11.8. The number of hydrogen-bond donors (Lipinski definition) is 1. The molecule has 24 heavy (non-hydrogen) atoms. The lowest BCUT2D eigenvalue weighted by Crippen LogP contribution is -2.48. The molecule has 0 atom stereocenters. The van der Waals surface area contributed by atoms with Gasteiger partial charge in [-0.1, -0.05) is 5.16 Å². The van der Waals surface area contributed by atoms with Gasteiger partial charge in [0.25, 0.3) is 0 Å². The molecule has 4 heterocycles. The maximum Gasteiger partial charge on any atom is 0.238 e. The van der Waals surface area contributed by atoms with Crippen LogP contribution in [0.15, 0.2) is 51.9 Å². The fourth-order valence-corrected chi connectivity index (χ4v) is 2.60. The Bertz CT molecular complexity index is 809. The van der Waals surface area contributed by atoms with E-state index in [1.165, 1.54) is 0 Å². The van der Waals surface area contributed by atoms with Crippen LogP contribution in [0.3, 0.4) is 0 Å². The summed E-state index contributed by atoms with van der Waals surface area (Å²) >= 11 is 0. The molecular formula is C16H15N5O3. The molecule has 0 aliphatic carbocycles. The van der Waals surface area contributed by atoms with Gasteiger partial charge in [0, 0.05) is 19.3 Å². The molecular weight excluding hydrogens is 310 g/mol. The van der Waals surface area contributed by atoms with Crippen LogP contribution in [0.25, 0.3) is 11.6 Å². The molecule has 3 aromatic heterocycles. The van der Waals surface area contributed by atoms with Crippen LogP contribution in [0, 0.1) is 0 Å². The van der Waals surface area contributed by atoms with Crippen LogP contribution in [0.5, 0.6) is 0 Å². The van der Waals surface area contributed by atoms with Crippen molar-refractivity contribution in [3.63, 3.8) is 0 Å². The second-order valence-corrected chi connectivity index (χ2v) is 5.61. The zero-order chi connectivity index (χ0) is 16.4. The van der Waals surface area contributed by atoms with Crippen LogP contribution in [0.4, 0.5) is 5.69 Å². The molecule has 1 fully saturated rings. The minimum atomic E-state index is -0.0664. The van der Waals surface area contributed by atoms with Crippen LogP contribution < -0.4 is 5.32 Å². The molecule has 1 saturated heterocycles. The second-order valence-electron chi connectivity index (χ2n) is 5.61. The number of carbonyl (C=O) groups excluding carboxylic acids is 1. The van der Waals surface area contributed by atoms with E-state index >= 15 is 0 Å². The highest BCUT2D eigenvalue weighted by atomic mass is 16.5. The standard InChI is InChI=1S/C16H15N5O3/c22-14(18-12-3-1-5-17-7-12)10-21-8-11(9-21)16-19-15(20-24-16)13-4-2-6-23-13/h1-7,11H,8-10H2,(H,18,22). The summed E-state index contributed by atoms with van der Waals surface area (Å²) in [7, 11) is 0. The Kier molecular flexibility index (Phi) is 3.80. The van der Waals surface area contributed by atoms with Crippen molar-refractivity contribution >= 4 is 11.6 Å². The van der Waals surface area contributed by atoms with Crippen molar-refractivity contribution in [2.45, 2.75) is 5.92 Å². The van der Waals surface area contributed by atoms with E-state index in [2.05, 4.69) is 20.4 Å². The largest absolute Gasteiger partial charge is 0.461 e.